The number of hydrogen-bond acceptors (Lipinski definition) is 4. The Morgan fingerprint density at radius 3 is 2.61 bits per heavy atom. The molecule has 100 valence electrons. The molecule has 4 nitrogen and oxygen atoms in total. The third-order valence-corrected chi connectivity index (χ3v) is 2.68. The van der Waals surface area contributed by atoms with E-state index in [0.717, 1.165) is 5.56 Å². The number of carbonyl (C=O) groups excluding carboxylic acids is 1. The average Bonchev–Trinajstić information content (AvgIpc) is 2.36. The van der Waals surface area contributed by atoms with Crippen LogP contribution in [0.25, 0.3) is 0 Å². The highest BCUT2D eigenvalue weighted by Gasteiger charge is 2.12. The van der Waals surface area contributed by atoms with Crippen LogP contribution in [0.5, 0.6) is 5.75 Å². The normalized spacial score (nSPS) is 13.8. The molecule has 0 bridgehead atoms. The van der Waals surface area contributed by atoms with Gasteiger partial charge in [-0.15, -0.1) is 0 Å². The molecule has 0 heterocycles. The molecule has 0 saturated carbocycles. The van der Waals surface area contributed by atoms with Gasteiger partial charge in [-0.05, 0) is 26.3 Å². The van der Waals surface area contributed by atoms with E-state index >= 15 is 0 Å². The van der Waals surface area contributed by atoms with Crippen molar-refractivity contribution in [2.75, 3.05) is 7.11 Å². The van der Waals surface area contributed by atoms with E-state index in [1.807, 2.05) is 31.2 Å². The quantitative estimate of drug-likeness (QED) is 0.790. The molecule has 2 unspecified atom stereocenters. The van der Waals surface area contributed by atoms with E-state index in [1.54, 1.807) is 6.92 Å². The maximum absolute atomic E-state index is 11.0. The first kappa shape index (κ1) is 14.5. The molecule has 0 amide bonds. The lowest BCUT2D eigenvalue weighted by Gasteiger charge is -2.18. The molecule has 1 aromatic rings. The van der Waals surface area contributed by atoms with Gasteiger partial charge in [-0.1, -0.05) is 18.2 Å². The molecule has 0 saturated heterocycles. The van der Waals surface area contributed by atoms with E-state index in [-0.39, 0.29) is 12.1 Å². The number of carbonyl (C=O) groups is 1. The van der Waals surface area contributed by atoms with Gasteiger partial charge in [0.2, 0.25) is 0 Å². The van der Waals surface area contributed by atoms with Crippen LogP contribution in [0.1, 0.15) is 38.4 Å². The second kappa shape index (κ2) is 7.01. The Morgan fingerprint density at radius 1 is 1.33 bits per heavy atom. The minimum absolute atomic E-state index is 0.107. The lowest BCUT2D eigenvalue weighted by Crippen LogP contribution is -2.15. The van der Waals surface area contributed by atoms with Crippen LogP contribution in [0, 0.1) is 0 Å². The summed E-state index contributed by atoms with van der Waals surface area (Å²) < 4.78 is 10.3. The fourth-order valence-corrected chi connectivity index (χ4v) is 1.63. The summed E-state index contributed by atoms with van der Waals surface area (Å²) >= 11 is 0. The lowest BCUT2D eigenvalue weighted by molar-refractivity contribution is -0.141. The molecule has 18 heavy (non-hydrogen) atoms. The Bertz CT molecular complexity index is 387. The summed E-state index contributed by atoms with van der Waals surface area (Å²) in [6, 6.07) is 7.35. The second-order valence-electron chi connectivity index (χ2n) is 4.26. The fourth-order valence-electron chi connectivity index (χ4n) is 1.63. The summed E-state index contributed by atoms with van der Waals surface area (Å²) in [4.78, 5) is 11.0. The number of hydrogen-bond donors (Lipinski definition) is 1. The molecule has 1 N–H and O–H groups in total. The van der Waals surface area contributed by atoms with Crippen LogP contribution in [0.2, 0.25) is 0 Å². The van der Waals surface area contributed by atoms with E-state index in [4.69, 9.17) is 4.74 Å². The first-order valence-electron chi connectivity index (χ1n) is 6.05. The highest BCUT2D eigenvalue weighted by molar-refractivity contribution is 5.69. The lowest BCUT2D eigenvalue weighted by atomic mass is 10.1. The highest BCUT2D eigenvalue weighted by atomic mass is 16.5. The van der Waals surface area contributed by atoms with E-state index in [0.29, 0.717) is 18.6 Å². The van der Waals surface area contributed by atoms with Crippen molar-refractivity contribution in [1.82, 2.24) is 0 Å². The molecule has 0 fully saturated rings. The number of para-hydroxylation sites is 1. The zero-order valence-corrected chi connectivity index (χ0v) is 11.1. The summed E-state index contributed by atoms with van der Waals surface area (Å²) in [5, 5.41) is 9.62. The van der Waals surface area contributed by atoms with Crippen molar-refractivity contribution < 1.29 is 19.4 Å². The monoisotopic (exact) mass is 252 g/mol. The Balaban J connectivity index is 2.58. The number of rotatable bonds is 6. The van der Waals surface area contributed by atoms with Crippen LogP contribution in [0.4, 0.5) is 0 Å². The van der Waals surface area contributed by atoms with Crippen LogP contribution < -0.4 is 4.74 Å². The van der Waals surface area contributed by atoms with E-state index < -0.39 is 6.10 Å². The number of aliphatic hydroxyl groups is 1. The maximum Gasteiger partial charge on any atom is 0.305 e. The zero-order chi connectivity index (χ0) is 13.5. The third kappa shape index (κ3) is 4.37. The summed E-state index contributed by atoms with van der Waals surface area (Å²) in [5.74, 6) is 0.416. The molecular formula is C14H20O4. The maximum atomic E-state index is 11.0. The fraction of sp³-hybridized carbons (Fsp3) is 0.500. The van der Waals surface area contributed by atoms with Crippen LogP contribution in [0.3, 0.4) is 0 Å². The standard InChI is InChI=1S/C14H20O4/c1-10(8-9-14(16)17-3)18-13-7-5-4-6-12(13)11(2)15/h4-7,10-11,15H,8-9H2,1-3H3. The molecule has 2 atom stereocenters. The number of methoxy groups -OCH3 is 1. The number of esters is 1. The SMILES string of the molecule is COC(=O)CCC(C)Oc1ccccc1C(C)O. The average molecular weight is 252 g/mol. The minimum Gasteiger partial charge on any atom is -0.490 e. The van der Waals surface area contributed by atoms with Gasteiger partial charge in [0.05, 0.1) is 19.3 Å². The van der Waals surface area contributed by atoms with Gasteiger partial charge in [0, 0.05) is 12.0 Å². The van der Waals surface area contributed by atoms with Crippen molar-refractivity contribution in [2.24, 2.45) is 0 Å². The van der Waals surface area contributed by atoms with Crippen molar-refractivity contribution in [3.63, 3.8) is 0 Å². The number of ether oxygens (including phenoxy) is 2. The predicted molar refractivity (Wildman–Crippen MR) is 68.4 cm³/mol. The molecular weight excluding hydrogens is 232 g/mol. The number of aliphatic hydroxyl groups excluding tert-OH is 1. The Kier molecular flexibility index (Phi) is 5.65. The molecule has 0 aliphatic carbocycles. The van der Waals surface area contributed by atoms with Crippen molar-refractivity contribution in [3.8, 4) is 5.75 Å². The molecule has 0 spiro atoms. The van der Waals surface area contributed by atoms with Crippen LogP contribution >= 0.6 is 0 Å². The van der Waals surface area contributed by atoms with Gasteiger partial charge in [0.15, 0.2) is 0 Å². The molecule has 0 aliphatic heterocycles. The molecule has 1 rings (SSSR count). The first-order chi connectivity index (χ1) is 8.54. The summed E-state index contributed by atoms with van der Waals surface area (Å²) in [6.45, 7) is 3.59. The van der Waals surface area contributed by atoms with Gasteiger partial charge in [-0.3, -0.25) is 4.79 Å². The second-order valence-corrected chi connectivity index (χ2v) is 4.26. The molecule has 0 aromatic heterocycles. The van der Waals surface area contributed by atoms with E-state index in [9.17, 15) is 9.90 Å². The highest BCUT2D eigenvalue weighted by Crippen LogP contribution is 2.26. The van der Waals surface area contributed by atoms with Gasteiger partial charge in [-0.2, -0.15) is 0 Å². The molecule has 1 aromatic carbocycles. The van der Waals surface area contributed by atoms with E-state index in [2.05, 4.69) is 4.74 Å². The topological polar surface area (TPSA) is 55.8 Å². The van der Waals surface area contributed by atoms with E-state index in [1.165, 1.54) is 7.11 Å². The minimum atomic E-state index is -0.575. The summed E-state index contributed by atoms with van der Waals surface area (Å²) in [5.41, 5.74) is 0.752. The van der Waals surface area contributed by atoms with Crippen LogP contribution in [0.15, 0.2) is 24.3 Å². The van der Waals surface area contributed by atoms with Crippen LogP contribution in [-0.2, 0) is 9.53 Å². The summed E-state index contributed by atoms with van der Waals surface area (Å²) in [6.07, 6.45) is 0.230. The smallest absolute Gasteiger partial charge is 0.305 e. The Morgan fingerprint density at radius 2 is 2.00 bits per heavy atom. The molecule has 0 aliphatic rings. The third-order valence-electron chi connectivity index (χ3n) is 2.68. The molecule has 0 radical (unpaired) electrons. The zero-order valence-electron chi connectivity index (χ0n) is 11.1. The number of benzene rings is 1. The van der Waals surface area contributed by atoms with Gasteiger partial charge < -0.3 is 14.6 Å². The van der Waals surface area contributed by atoms with Crippen molar-refractivity contribution in [3.05, 3.63) is 29.8 Å². The van der Waals surface area contributed by atoms with Gasteiger partial charge in [-0.25, -0.2) is 0 Å². The predicted octanol–water partition coefficient (Wildman–Crippen LogP) is 2.46. The van der Waals surface area contributed by atoms with Crippen LogP contribution in [-0.4, -0.2) is 24.3 Å². The van der Waals surface area contributed by atoms with Crippen molar-refractivity contribution >= 4 is 5.97 Å². The largest absolute Gasteiger partial charge is 0.490 e. The Labute approximate surface area is 108 Å². The Hall–Kier alpha value is -1.55. The molecule has 4 heteroatoms. The summed E-state index contributed by atoms with van der Waals surface area (Å²) in [7, 11) is 1.37. The van der Waals surface area contributed by atoms with Gasteiger partial charge in [0.1, 0.15) is 5.75 Å². The van der Waals surface area contributed by atoms with Gasteiger partial charge in [0.25, 0.3) is 0 Å². The first-order valence-corrected chi connectivity index (χ1v) is 6.05. The van der Waals surface area contributed by atoms with Crippen molar-refractivity contribution in [2.45, 2.75) is 38.9 Å². The van der Waals surface area contributed by atoms with Gasteiger partial charge >= 0.3 is 5.97 Å². The van der Waals surface area contributed by atoms with Crippen molar-refractivity contribution in [1.29, 1.82) is 0 Å².